The lowest BCUT2D eigenvalue weighted by atomic mass is 10.1. The molecule has 1 heterocycles. The van der Waals surface area contributed by atoms with Crippen molar-refractivity contribution in [2.45, 2.75) is 19.4 Å². The van der Waals surface area contributed by atoms with Crippen LogP contribution in [0.5, 0.6) is 0 Å². The summed E-state index contributed by atoms with van der Waals surface area (Å²) in [7, 11) is 0. The van der Waals surface area contributed by atoms with E-state index in [1.54, 1.807) is 24.3 Å². The van der Waals surface area contributed by atoms with Gasteiger partial charge < -0.3 is 16.0 Å². The molecule has 2 aromatic rings. The first-order chi connectivity index (χ1) is 11.0. The second kappa shape index (κ2) is 6.12. The van der Waals surface area contributed by atoms with E-state index in [4.69, 9.17) is 5.73 Å². The lowest BCUT2D eigenvalue weighted by Crippen LogP contribution is -2.37. The Labute approximate surface area is 135 Å². The van der Waals surface area contributed by atoms with E-state index in [1.807, 2.05) is 18.2 Å². The summed E-state index contributed by atoms with van der Waals surface area (Å²) in [6.07, 6.45) is 0.955. The largest absolute Gasteiger partial charge is 0.366 e. The van der Waals surface area contributed by atoms with Gasteiger partial charge in [-0.05, 0) is 49.2 Å². The van der Waals surface area contributed by atoms with Gasteiger partial charge in [0, 0.05) is 23.0 Å². The molecule has 0 bridgehead atoms. The van der Waals surface area contributed by atoms with Gasteiger partial charge in [-0.3, -0.25) is 9.59 Å². The van der Waals surface area contributed by atoms with Crippen LogP contribution in [0.25, 0.3) is 0 Å². The molecule has 0 saturated carbocycles. The van der Waals surface area contributed by atoms with E-state index in [2.05, 4.69) is 23.2 Å². The first-order valence-corrected chi connectivity index (χ1v) is 7.59. The molecule has 23 heavy (non-hydrogen) atoms. The maximum absolute atomic E-state index is 12.3. The fraction of sp³-hybridized carbons (Fsp3) is 0.222. The van der Waals surface area contributed by atoms with Crippen LogP contribution in [0.15, 0.2) is 48.5 Å². The van der Waals surface area contributed by atoms with Gasteiger partial charge in [0.25, 0.3) is 0 Å². The normalized spacial score (nSPS) is 16.0. The first kappa shape index (κ1) is 15.1. The lowest BCUT2D eigenvalue weighted by Gasteiger charge is -2.24. The number of anilines is 2. The molecule has 0 radical (unpaired) electrons. The number of para-hydroxylation sites is 1. The van der Waals surface area contributed by atoms with Crippen molar-refractivity contribution >= 4 is 23.2 Å². The van der Waals surface area contributed by atoms with Crippen molar-refractivity contribution in [3.8, 4) is 0 Å². The fourth-order valence-electron chi connectivity index (χ4n) is 2.94. The van der Waals surface area contributed by atoms with Crippen molar-refractivity contribution in [1.82, 2.24) is 0 Å². The van der Waals surface area contributed by atoms with Crippen LogP contribution in [0.1, 0.15) is 22.8 Å². The zero-order valence-electron chi connectivity index (χ0n) is 13.0. The number of hydrogen-bond donors (Lipinski definition) is 2. The van der Waals surface area contributed by atoms with Gasteiger partial charge in [0.15, 0.2) is 0 Å². The van der Waals surface area contributed by atoms with E-state index in [0.717, 1.165) is 12.1 Å². The third-order valence-electron chi connectivity index (χ3n) is 4.12. The zero-order chi connectivity index (χ0) is 16.4. The summed E-state index contributed by atoms with van der Waals surface area (Å²) in [5.41, 5.74) is 8.68. The Morgan fingerprint density at radius 1 is 1.17 bits per heavy atom. The number of carbonyl (C=O) groups excluding carboxylic acids is 2. The van der Waals surface area contributed by atoms with Gasteiger partial charge in [-0.1, -0.05) is 18.2 Å². The summed E-state index contributed by atoms with van der Waals surface area (Å²) < 4.78 is 0. The number of fused-ring (bicyclic) bond motifs is 1. The van der Waals surface area contributed by atoms with Crippen LogP contribution in [-0.4, -0.2) is 24.4 Å². The van der Waals surface area contributed by atoms with E-state index >= 15 is 0 Å². The Kier molecular flexibility index (Phi) is 4.02. The number of rotatable bonds is 4. The van der Waals surface area contributed by atoms with E-state index in [-0.39, 0.29) is 5.91 Å². The number of carbonyl (C=O) groups is 2. The average Bonchev–Trinajstić information content (AvgIpc) is 2.84. The van der Waals surface area contributed by atoms with Gasteiger partial charge in [0.05, 0.1) is 6.54 Å². The van der Waals surface area contributed by atoms with Crippen LogP contribution < -0.4 is 16.0 Å². The molecule has 118 valence electrons. The Bertz CT molecular complexity index is 740. The molecule has 5 nitrogen and oxygen atoms in total. The Hall–Kier alpha value is -2.82. The van der Waals surface area contributed by atoms with E-state index < -0.39 is 5.91 Å². The van der Waals surface area contributed by atoms with Crippen LogP contribution in [-0.2, 0) is 11.2 Å². The van der Waals surface area contributed by atoms with Gasteiger partial charge in [-0.15, -0.1) is 0 Å². The summed E-state index contributed by atoms with van der Waals surface area (Å²) in [4.78, 5) is 25.5. The van der Waals surface area contributed by atoms with Crippen molar-refractivity contribution in [3.63, 3.8) is 0 Å². The zero-order valence-corrected chi connectivity index (χ0v) is 13.0. The molecule has 5 heteroatoms. The SMILES string of the molecule is CC1Cc2ccccc2N1CC(=O)Nc1ccc(C(N)=O)cc1. The number of hydrogen-bond acceptors (Lipinski definition) is 3. The highest BCUT2D eigenvalue weighted by molar-refractivity contribution is 5.96. The van der Waals surface area contributed by atoms with Crippen LogP contribution in [0, 0.1) is 0 Å². The topological polar surface area (TPSA) is 75.4 Å². The van der Waals surface area contributed by atoms with Crippen LogP contribution in [0.2, 0.25) is 0 Å². The molecule has 1 aliphatic rings. The molecule has 0 aliphatic carbocycles. The van der Waals surface area contributed by atoms with Crippen molar-refractivity contribution in [1.29, 1.82) is 0 Å². The Morgan fingerprint density at radius 2 is 1.87 bits per heavy atom. The Balaban J connectivity index is 1.67. The van der Waals surface area contributed by atoms with Gasteiger partial charge >= 0.3 is 0 Å². The number of primary amides is 1. The second-order valence-corrected chi connectivity index (χ2v) is 5.80. The van der Waals surface area contributed by atoms with Crippen LogP contribution >= 0.6 is 0 Å². The van der Waals surface area contributed by atoms with Gasteiger partial charge in [0.1, 0.15) is 0 Å². The molecule has 2 aromatic carbocycles. The summed E-state index contributed by atoms with van der Waals surface area (Å²) in [6, 6.07) is 15.0. The third kappa shape index (κ3) is 3.18. The maximum Gasteiger partial charge on any atom is 0.248 e. The molecule has 0 spiro atoms. The van der Waals surface area contributed by atoms with Crippen molar-refractivity contribution in [2.75, 3.05) is 16.8 Å². The number of nitrogens with two attached hydrogens (primary N) is 1. The van der Waals surface area contributed by atoms with Crippen LogP contribution in [0.4, 0.5) is 11.4 Å². The molecule has 0 aromatic heterocycles. The Morgan fingerprint density at radius 3 is 2.57 bits per heavy atom. The molecule has 0 fully saturated rings. The fourth-order valence-corrected chi connectivity index (χ4v) is 2.94. The smallest absolute Gasteiger partial charge is 0.248 e. The number of nitrogens with zero attached hydrogens (tertiary/aromatic N) is 1. The molecule has 1 atom stereocenters. The van der Waals surface area contributed by atoms with Gasteiger partial charge in [-0.2, -0.15) is 0 Å². The number of amides is 2. The molecular formula is C18H19N3O2. The second-order valence-electron chi connectivity index (χ2n) is 5.80. The quantitative estimate of drug-likeness (QED) is 0.909. The first-order valence-electron chi connectivity index (χ1n) is 7.59. The van der Waals surface area contributed by atoms with E-state index in [9.17, 15) is 9.59 Å². The minimum absolute atomic E-state index is 0.0830. The average molecular weight is 309 g/mol. The molecular weight excluding hydrogens is 290 g/mol. The highest BCUT2D eigenvalue weighted by Gasteiger charge is 2.26. The maximum atomic E-state index is 12.3. The van der Waals surface area contributed by atoms with Gasteiger partial charge in [-0.25, -0.2) is 0 Å². The minimum Gasteiger partial charge on any atom is -0.366 e. The summed E-state index contributed by atoms with van der Waals surface area (Å²) in [6.45, 7) is 2.42. The highest BCUT2D eigenvalue weighted by Crippen LogP contribution is 2.31. The molecule has 3 N–H and O–H groups in total. The monoisotopic (exact) mass is 309 g/mol. The van der Waals surface area contributed by atoms with Crippen molar-refractivity contribution in [2.24, 2.45) is 5.73 Å². The summed E-state index contributed by atoms with van der Waals surface area (Å²) >= 11 is 0. The predicted octanol–water partition coefficient (Wildman–Crippen LogP) is 2.18. The summed E-state index contributed by atoms with van der Waals surface area (Å²) in [5, 5.41) is 2.85. The van der Waals surface area contributed by atoms with E-state index in [0.29, 0.717) is 23.8 Å². The molecule has 0 saturated heterocycles. The molecule has 2 amide bonds. The molecule has 3 rings (SSSR count). The van der Waals surface area contributed by atoms with Crippen molar-refractivity contribution in [3.05, 3.63) is 59.7 Å². The number of benzene rings is 2. The van der Waals surface area contributed by atoms with E-state index in [1.165, 1.54) is 5.56 Å². The predicted molar refractivity (Wildman–Crippen MR) is 90.5 cm³/mol. The minimum atomic E-state index is -0.481. The summed E-state index contributed by atoms with van der Waals surface area (Å²) in [5.74, 6) is -0.564. The standard InChI is InChI=1S/C18H19N3O2/c1-12-10-14-4-2-3-5-16(14)21(12)11-17(22)20-15-8-6-13(7-9-15)18(19)23/h2-9,12H,10-11H2,1H3,(H2,19,23)(H,20,22). The van der Waals surface area contributed by atoms with Crippen molar-refractivity contribution < 1.29 is 9.59 Å². The van der Waals surface area contributed by atoms with Crippen LogP contribution in [0.3, 0.4) is 0 Å². The lowest BCUT2D eigenvalue weighted by molar-refractivity contribution is -0.115. The highest BCUT2D eigenvalue weighted by atomic mass is 16.2. The molecule has 1 unspecified atom stereocenters. The molecule has 1 aliphatic heterocycles. The third-order valence-corrected chi connectivity index (χ3v) is 4.12. The number of nitrogens with one attached hydrogen (secondary N) is 1. The van der Waals surface area contributed by atoms with Gasteiger partial charge in [0.2, 0.25) is 11.8 Å².